The van der Waals surface area contributed by atoms with E-state index in [0.29, 0.717) is 13.0 Å². The van der Waals surface area contributed by atoms with Gasteiger partial charge in [0.05, 0.1) is 17.1 Å². The molecule has 1 atom stereocenters. The van der Waals surface area contributed by atoms with Crippen LogP contribution in [0.15, 0.2) is 24.3 Å². The summed E-state index contributed by atoms with van der Waals surface area (Å²) in [4.78, 5) is 24.9. The largest absolute Gasteiger partial charge is 0.478 e. The summed E-state index contributed by atoms with van der Waals surface area (Å²) in [5, 5.41) is 8.96. The van der Waals surface area contributed by atoms with E-state index in [1.165, 1.54) is 23.1 Å². The number of aromatic carboxylic acids is 1. The summed E-state index contributed by atoms with van der Waals surface area (Å²) >= 11 is 0. The maximum absolute atomic E-state index is 12.5. The van der Waals surface area contributed by atoms with Crippen molar-refractivity contribution in [2.45, 2.75) is 19.4 Å². The molecule has 0 radical (unpaired) electrons. The Hall–Kier alpha value is -1.89. The molecule has 0 saturated carbocycles. The Morgan fingerprint density at radius 1 is 1.33 bits per heavy atom. The van der Waals surface area contributed by atoms with Crippen LogP contribution < -0.4 is 0 Å². The number of carbonyl (C=O) groups is 2. The van der Waals surface area contributed by atoms with Crippen LogP contribution in [0, 0.1) is 0 Å². The third-order valence-electron chi connectivity index (χ3n) is 3.61. The van der Waals surface area contributed by atoms with E-state index in [2.05, 4.69) is 0 Å². The molecule has 1 aromatic carbocycles. The second-order valence-electron chi connectivity index (χ2n) is 5.03. The Balaban J connectivity index is 2.25. The van der Waals surface area contributed by atoms with Gasteiger partial charge in [-0.2, -0.15) is 0 Å². The maximum Gasteiger partial charge on any atom is 0.335 e. The van der Waals surface area contributed by atoms with E-state index in [-0.39, 0.29) is 34.6 Å². The minimum atomic E-state index is -3.08. The van der Waals surface area contributed by atoms with Crippen molar-refractivity contribution in [3.05, 3.63) is 35.4 Å². The van der Waals surface area contributed by atoms with Gasteiger partial charge in [-0.15, -0.1) is 0 Å². The minimum Gasteiger partial charge on any atom is -0.478 e. The van der Waals surface area contributed by atoms with E-state index in [9.17, 15) is 18.0 Å². The first-order chi connectivity index (χ1) is 9.84. The number of nitrogens with zero attached hydrogens (tertiary/aromatic N) is 1. The summed E-state index contributed by atoms with van der Waals surface area (Å²) in [6.07, 6.45) is 0.431. The molecule has 1 aliphatic rings. The molecule has 0 aliphatic carbocycles. The summed E-state index contributed by atoms with van der Waals surface area (Å²) in [5.74, 6) is -1.36. The Kier molecular flexibility index (Phi) is 4.32. The van der Waals surface area contributed by atoms with Crippen molar-refractivity contribution < 1.29 is 23.1 Å². The summed E-state index contributed by atoms with van der Waals surface area (Å²) in [6.45, 7) is 2.17. The number of benzene rings is 1. The first kappa shape index (κ1) is 15.5. The Bertz CT molecular complexity index is 668. The molecule has 1 unspecified atom stereocenters. The number of rotatable bonds is 4. The average molecular weight is 311 g/mol. The zero-order valence-electron chi connectivity index (χ0n) is 11.7. The molecular weight excluding hydrogens is 294 g/mol. The maximum atomic E-state index is 12.5. The van der Waals surface area contributed by atoms with Crippen LogP contribution in [0.1, 0.15) is 34.1 Å². The van der Waals surface area contributed by atoms with E-state index in [0.717, 1.165) is 0 Å². The van der Waals surface area contributed by atoms with Gasteiger partial charge in [-0.3, -0.25) is 4.79 Å². The summed E-state index contributed by atoms with van der Waals surface area (Å²) in [6, 6.07) is 5.45. The first-order valence-electron chi connectivity index (χ1n) is 6.69. The van der Waals surface area contributed by atoms with Crippen molar-refractivity contribution in [1.82, 2.24) is 4.90 Å². The molecular formula is C14H17NO5S. The van der Waals surface area contributed by atoms with E-state index in [1.807, 2.05) is 0 Å². The van der Waals surface area contributed by atoms with Gasteiger partial charge >= 0.3 is 5.97 Å². The van der Waals surface area contributed by atoms with Gasteiger partial charge in [0.25, 0.3) is 5.91 Å². The molecule has 1 aliphatic heterocycles. The number of hydrogen-bond acceptors (Lipinski definition) is 4. The highest BCUT2D eigenvalue weighted by Gasteiger charge is 2.34. The Morgan fingerprint density at radius 2 is 2.00 bits per heavy atom. The first-order valence-corrected chi connectivity index (χ1v) is 8.51. The van der Waals surface area contributed by atoms with Crippen LogP contribution in [0.3, 0.4) is 0 Å². The Morgan fingerprint density at radius 3 is 2.52 bits per heavy atom. The van der Waals surface area contributed by atoms with Crippen molar-refractivity contribution in [3.63, 3.8) is 0 Å². The molecule has 1 saturated heterocycles. The molecule has 1 aromatic rings. The van der Waals surface area contributed by atoms with Crippen LogP contribution in [0.4, 0.5) is 0 Å². The van der Waals surface area contributed by atoms with Crippen molar-refractivity contribution in [2.24, 2.45) is 0 Å². The van der Waals surface area contributed by atoms with Gasteiger partial charge in [-0.25, -0.2) is 13.2 Å². The van der Waals surface area contributed by atoms with Gasteiger partial charge in [0.2, 0.25) is 0 Å². The predicted octanol–water partition coefficient (Wildman–Crippen LogP) is 1.03. The van der Waals surface area contributed by atoms with Crippen LogP contribution in [-0.2, 0) is 9.84 Å². The van der Waals surface area contributed by atoms with E-state index in [4.69, 9.17) is 5.11 Å². The summed E-state index contributed by atoms with van der Waals surface area (Å²) in [5.41, 5.74) is 0.303. The van der Waals surface area contributed by atoms with Gasteiger partial charge in [0.1, 0.15) is 0 Å². The molecule has 0 bridgehead atoms. The van der Waals surface area contributed by atoms with Gasteiger partial charge in [-0.1, -0.05) is 6.07 Å². The highest BCUT2D eigenvalue weighted by molar-refractivity contribution is 7.91. The second kappa shape index (κ2) is 5.85. The van der Waals surface area contributed by atoms with Gasteiger partial charge in [0, 0.05) is 18.2 Å². The molecule has 0 aromatic heterocycles. The van der Waals surface area contributed by atoms with Gasteiger partial charge < -0.3 is 10.0 Å². The lowest BCUT2D eigenvalue weighted by Gasteiger charge is -2.27. The molecule has 1 fully saturated rings. The van der Waals surface area contributed by atoms with E-state index >= 15 is 0 Å². The lowest BCUT2D eigenvalue weighted by molar-refractivity contribution is 0.0697. The number of hydrogen-bond donors (Lipinski definition) is 1. The van der Waals surface area contributed by atoms with Gasteiger partial charge in [0.15, 0.2) is 9.84 Å². The standard InChI is InChI=1S/C14H17NO5S/c1-2-15(12-6-7-21(19,20)9-12)13(16)10-4-3-5-11(8-10)14(17)18/h3-5,8,12H,2,6-7,9H2,1H3,(H,17,18). The zero-order valence-corrected chi connectivity index (χ0v) is 12.5. The lowest BCUT2D eigenvalue weighted by atomic mass is 10.1. The fraction of sp³-hybridized carbons (Fsp3) is 0.429. The van der Waals surface area contributed by atoms with Crippen LogP contribution in [0.5, 0.6) is 0 Å². The molecule has 1 heterocycles. The molecule has 2 rings (SSSR count). The molecule has 6 nitrogen and oxygen atoms in total. The van der Waals surface area contributed by atoms with Gasteiger partial charge in [-0.05, 0) is 31.5 Å². The van der Waals surface area contributed by atoms with Crippen LogP contribution >= 0.6 is 0 Å². The van der Waals surface area contributed by atoms with Crippen LogP contribution in [0.25, 0.3) is 0 Å². The SMILES string of the molecule is CCN(C(=O)c1cccc(C(=O)O)c1)C1CCS(=O)(=O)C1. The summed E-state index contributed by atoms with van der Waals surface area (Å²) in [7, 11) is -3.08. The quantitative estimate of drug-likeness (QED) is 0.897. The van der Waals surface area contributed by atoms with Crippen molar-refractivity contribution in [3.8, 4) is 0 Å². The third kappa shape index (κ3) is 3.41. The zero-order chi connectivity index (χ0) is 15.6. The smallest absolute Gasteiger partial charge is 0.335 e. The molecule has 7 heteroatoms. The molecule has 114 valence electrons. The highest BCUT2D eigenvalue weighted by Crippen LogP contribution is 2.20. The molecule has 0 spiro atoms. The number of sulfone groups is 1. The van der Waals surface area contributed by atoms with E-state index < -0.39 is 15.8 Å². The number of carboxylic acids is 1. The number of carbonyl (C=O) groups excluding carboxylic acids is 1. The highest BCUT2D eigenvalue weighted by atomic mass is 32.2. The molecule has 21 heavy (non-hydrogen) atoms. The fourth-order valence-electron chi connectivity index (χ4n) is 2.54. The Labute approximate surface area is 123 Å². The van der Waals surface area contributed by atoms with Crippen LogP contribution in [0.2, 0.25) is 0 Å². The molecule has 1 N–H and O–H groups in total. The van der Waals surface area contributed by atoms with Crippen molar-refractivity contribution in [1.29, 1.82) is 0 Å². The summed E-state index contributed by atoms with van der Waals surface area (Å²) < 4.78 is 23.1. The third-order valence-corrected chi connectivity index (χ3v) is 5.36. The number of carboxylic acid groups (broad SMARTS) is 1. The monoisotopic (exact) mass is 311 g/mol. The van der Waals surface area contributed by atoms with Crippen LogP contribution in [-0.4, -0.2) is 54.4 Å². The lowest BCUT2D eigenvalue weighted by Crippen LogP contribution is -2.41. The van der Waals surface area contributed by atoms with Crippen molar-refractivity contribution in [2.75, 3.05) is 18.1 Å². The fourth-order valence-corrected chi connectivity index (χ4v) is 4.27. The predicted molar refractivity (Wildman–Crippen MR) is 77.2 cm³/mol. The average Bonchev–Trinajstić information content (AvgIpc) is 2.79. The number of amides is 1. The van der Waals surface area contributed by atoms with E-state index in [1.54, 1.807) is 13.0 Å². The minimum absolute atomic E-state index is 0.0226. The van der Waals surface area contributed by atoms with Crippen molar-refractivity contribution >= 4 is 21.7 Å². The normalized spacial score (nSPS) is 20.1. The topological polar surface area (TPSA) is 91.8 Å². The second-order valence-corrected chi connectivity index (χ2v) is 7.26. The molecule has 1 amide bonds.